The fraction of sp³-hybridized carbons (Fsp3) is 0.280. The maximum Gasteiger partial charge on any atom is 0.313 e. The molecule has 1 N–H and O–H groups in total. The summed E-state index contributed by atoms with van der Waals surface area (Å²) in [6.07, 6.45) is 0. The molecule has 0 aliphatic carbocycles. The minimum atomic E-state index is -1.09. The van der Waals surface area contributed by atoms with E-state index in [1.807, 2.05) is 42.3 Å². The zero-order chi connectivity index (χ0) is 25.1. The van der Waals surface area contributed by atoms with Crippen molar-refractivity contribution in [2.45, 2.75) is 32.9 Å². The van der Waals surface area contributed by atoms with E-state index in [1.54, 1.807) is 19.9 Å². The number of benzene rings is 2. The first-order chi connectivity index (χ1) is 16.7. The van der Waals surface area contributed by atoms with E-state index < -0.39 is 22.7 Å². The second-order valence-corrected chi connectivity index (χ2v) is 8.57. The number of nitro benzene ring substituents is 1. The summed E-state index contributed by atoms with van der Waals surface area (Å²) in [6, 6.07) is 15.9. The van der Waals surface area contributed by atoms with Crippen LogP contribution in [-0.2, 0) is 17.9 Å². The Hall–Kier alpha value is -4.18. The summed E-state index contributed by atoms with van der Waals surface area (Å²) < 4.78 is 5.58. The molecule has 10 nitrogen and oxygen atoms in total. The zero-order valence-electron chi connectivity index (χ0n) is 19.6. The van der Waals surface area contributed by atoms with Crippen molar-refractivity contribution >= 4 is 22.9 Å². The molecule has 0 amide bonds. The first-order valence-corrected chi connectivity index (χ1v) is 11.0. The molecule has 180 valence electrons. The van der Waals surface area contributed by atoms with Crippen molar-refractivity contribution in [1.29, 1.82) is 0 Å². The van der Waals surface area contributed by atoms with Crippen molar-refractivity contribution < 1.29 is 19.3 Å². The van der Waals surface area contributed by atoms with Crippen molar-refractivity contribution in [3.8, 4) is 0 Å². The summed E-state index contributed by atoms with van der Waals surface area (Å²) in [5, 5.41) is 25.5. The summed E-state index contributed by atoms with van der Waals surface area (Å²) >= 11 is 0. The number of aliphatic carboxylic acids is 1. The van der Waals surface area contributed by atoms with Gasteiger partial charge in [-0.2, -0.15) is 4.98 Å². The van der Waals surface area contributed by atoms with Crippen molar-refractivity contribution in [2.24, 2.45) is 10.9 Å². The van der Waals surface area contributed by atoms with E-state index in [9.17, 15) is 20.0 Å². The first kappa shape index (κ1) is 24.0. The number of carboxylic acids is 1. The molecule has 0 saturated heterocycles. The molecule has 2 heterocycles. The molecule has 3 aromatic rings. The highest BCUT2D eigenvalue weighted by Gasteiger charge is 2.41. The molecular formula is C25H25N5O5. The van der Waals surface area contributed by atoms with Gasteiger partial charge in [-0.3, -0.25) is 24.8 Å². The topological polar surface area (TPSA) is 135 Å². The van der Waals surface area contributed by atoms with Crippen LogP contribution < -0.4 is 0 Å². The quantitative estimate of drug-likeness (QED) is 0.376. The van der Waals surface area contributed by atoms with Gasteiger partial charge >= 0.3 is 5.97 Å². The Morgan fingerprint density at radius 2 is 1.89 bits per heavy atom. The van der Waals surface area contributed by atoms with Crippen LogP contribution in [0.5, 0.6) is 0 Å². The lowest BCUT2D eigenvalue weighted by atomic mass is 9.75. The fourth-order valence-corrected chi connectivity index (χ4v) is 4.45. The van der Waals surface area contributed by atoms with Gasteiger partial charge in [0.15, 0.2) is 5.82 Å². The average Bonchev–Trinajstić information content (AvgIpc) is 3.26. The van der Waals surface area contributed by atoms with E-state index in [-0.39, 0.29) is 11.6 Å². The first-order valence-electron chi connectivity index (χ1n) is 11.0. The third-order valence-corrected chi connectivity index (χ3v) is 5.94. The minimum absolute atomic E-state index is 0.127. The Balaban J connectivity index is 1.69. The predicted octanol–water partition coefficient (Wildman–Crippen LogP) is 4.30. The van der Waals surface area contributed by atoms with Crippen molar-refractivity contribution in [2.75, 3.05) is 7.05 Å². The molecule has 2 aromatic carbocycles. The third-order valence-electron chi connectivity index (χ3n) is 5.94. The number of hydrogen-bond donors (Lipinski definition) is 1. The normalized spacial score (nSPS) is 18.0. The second kappa shape index (κ2) is 9.98. The van der Waals surface area contributed by atoms with E-state index in [0.29, 0.717) is 41.5 Å². The van der Waals surface area contributed by atoms with Crippen LogP contribution >= 0.6 is 0 Å². The molecular weight excluding hydrogens is 450 g/mol. The van der Waals surface area contributed by atoms with Gasteiger partial charge in [0.05, 0.1) is 11.5 Å². The molecule has 0 fully saturated rings. The number of allylic oxidation sites excluding steroid dienone is 2. The lowest BCUT2D eigenvalue weighted by Crippen LogP contribution is -2.32. The van der Waals surface area contributed by atoms with Crippen LogP contribution in [0.1, 0.15) is 42.6 Å². The number of rotatable bonds is 8. The number of hydrogen-bond acceptors (Lipinski definition) is 8. The lowest BCUT2D eigenvalue weighted by Gasteiger charge is -2.29. The molecule has 0 radical (unpaired) electrons. The van der Waals surface area contributed by atoms with Crippen molar-refractivity contribution in [1.82, 2.24) is 15.0 Å². The van der Waals surface area contributed by atoms with Crippen molar-refractivity contribution in [3.05, 3.63) is 93.3 Å². The fourth-order valence-electron chi connectivity index (χ4n) is 4.45. The van der Waals surface area contributed by atoms with E-state index in [0.717, 1.165) is 5.56 Å². The van der Waals surface area contributed by atoms with Gasteiger partial charge < -0.3 is 9.63 Å². The van der Waals surface area contributed by atoms with E-state index in [4.69, 9.17) is 4.52 Å². The van der Waals surface area contributed by atoms with Gasteiger partial charge in [0.25, 0.3) is 11.6 Å². The van der Waals surface area contributed by atoms with Crippen LogP contribution in [0.15, 0.2) is 69.8 Å². The smallest absolute Gasteiger partial charge is 0.313 e. The molecule has 0 bridgehead atoms. The van der Waals surface area contributed by atoms with E-state index in [1.165, 1.54) is 18.2 Å². The largest absolute Gasteiger partial charge is 0.481 e. The summed E-state index contributed by atoms with van der Waals surface area (Å²) in [4.78, 5) is 34.2. The number of carbonyl (C=O) groups is 1. The molecule has 1 aliphatic rings. The molecule has 0 saturated carbocycles. The van der Waals surface area contributed by atoms with Gasteiger partial charge in [-0.1, -0.05) is 47.6 Å². The third kappa shape index (κ3) is 5.17. The molecule has 10 heteroatoms. The number of nitro groups is 1. The Kier molecular flexibility index (Phi) is 6.83. The number of nitrogens with zero attached hydrogens (tertiary/aromatic N) is 5. The number of aromatic nitrogens is 2. The Morgan fingerprint density at radius 1 is 1.14 bits per heavy atom. The van der Waals surface area contributed by atoms with Crippen LogP contribution in [-0.4, -0.2) is 43.8 Å². The van der Waals surface area contributed by atoms with Crippen LogP contribution in [0.2, 0.25) is 0 Å². The molecule has 35 heavy (non-hydrogen) atoms. The number of aliphatic imine (C=N–C) groups is 1. The van der Waals surface area contributed by atoms with Crippen molar-refractivity contribution in [3.63, 3.8) is 0 Å². The Labute approximate surface area is 201 Å². The molecule has 2 unspecified atom stereocenters. The monoisotopic (exact) mass is 475 g/mol. The standard InChI is InChI=1S/C25H25N5O5/c1-15-21(24-27-20(28-35-24)14-29(3)13-17-8-5-4-6-9-17)23(22(25(31)32)16(2)26-15)18-10-7-11-19(12-18)30(33)34/h4-12,22-23H,13-14H2,1-3H3,(H,31,32). The molecule has 1 aliphatic heterocycles. The highest BCUT2D eigenvalue weighted by Crippen LogP contribution is 2.44. The highest BCUT2D eigenvalue weighted by molar-refractivity contribution is 6.05. The van der Waals surface area contributed by atoms with Gasteiger partial charge in [0.2, 0.25) is 0 Å². The Morgan fingerprint density at radius 3 is 2.57 bits per heavy atom. The van der Waals surface area contributed by atoms with Crippen LogP contribution in [0.3, 0.4) is 0 Å². The average molecular weight is 476 g/mol. The zero-order valence-corrected chi connectivity index (χ0v) is 19.6. The summed E-state index contributed by atoms with van der Waals surface area (Å²) in [5.41, 5.74) is 2.87. The number of carboxylic acid groups (broad SMARTS) is 1. The highest BCUT2D eigenvalue weighted by atomic mass is 16.6. The number of non-ortho nitro benzene ring substituents is 1. The molecule has 0 spiro atoms. The maximum atomic E-state index is 12.3. The van der Waals surface area contributed by atoms with Gasteiger partial charge in [-0.15, -0.1) is 0 Å². The molecule has 4 rings (SSSR count). The maximum absolute atomic E-state index is 12.3. The lowest BCUT2D eigenvalue weighted by molar-refractivity contribution is -0.384. The second-order valence-electron chi connectivity index (χ2n) is 8.57. The summed E-state index contributed by atoms with van der Waals surface area (Å²) in [7, 11) is 1.94. The minimum Gasteiger partial charge on any atom is -0.481 e. The summed E-state index contributed by atoms with van der Waals surface area (Å²) in [6.45, 7) is 4.48. The molecule has 2 atom stereocenters. The van der Waals surface area contributed by atoms with Gasteiger partial charge in [-0.25, -0.2) is 0 Å². The van der Waals surface area contributed by atoms with Gasteiger partial charge in [0.1, 0.15) is 5.92 Å². The van der Waals surface area contributed by atoms with Crippen LogP contribution in [0.4, 0.5) is 5.69 Å². The van der Waals surface area contributed by atoms with E-state index in [2.05, 4.69) is 15.1 Å². The SMILES string of the molecule is CC1=NC(C)=C(c2nc(CN(C)Cc3ccccc3)no2)C(c2cccc([N+](=O)[O-])c2)C1C(=O)O. The van der Waals surface area contributed by atoms with Gasteiger partial charge in [-0.05, 0) is 32.0 Å². The molecule has 1 aromatic heterocycles. The van der Waals surface area contributed by atoms with Gasteiger partial charge in [0, 0.05) is 41.6 Å². The van der Waals surface area contributed by atoms with E-state index >= 15 is 0 Å². The predicted molar refractivity (Wildman–Crippen MR) is 129 cm³/mol. The van der Waals surface area contributed by atoms with Crippen LogP contribution in [0, 0.1) is 16.0 Å². The summed E-state index contributed by atoms with van der Waals surface area (Å²) in [5.74, 6) is -2.30. The van der Waals surface area contributed by atoms with Crippen LogP contribution in [0.25, 0.3) is 5.57 Å². The Bertz CT molecular complexity index is 1310.